The van der Waals surface area contributed by atoms with Gasteiger partial charge in [-0.05, 0) is 97.7 Å². The van der Waals surface area contributed by atoms with E-state index >= 15 is 4.79 Å². The second kappa shape index (κ2) is 21.3. The maximum Gasteiger partial charge on any atom is 0.317 e. The number of rotatable bonds is 11. The maximum atomic E-state index is 15.3. The number of ether oxygens (including phenoxy) is 8. The van der Waals surface area contributed by atoms with Crippen LogP contribution in [0.4, 0.5) is 0 Å². The van der Waals surface area contributed by atoms with Crippen LogP contribution in [-0.2, 0) is 42.7 Å². The zero-order valence-corrected chi connectivity index (χ0v) is 44.0. The number of carbonyl (C=O) groups excluding carboxylic acids is 1. The number of aliphatic hydroxyl groups is 15. The summed E-state index contributed by atoms with van der Waals surface area (Å²) in [6.07, 6.45) is -28.2. The number of hydrogen-bond donors (Lipinski definition) is 15. The van der Waals surface area contributed by atoms with Crippen molar-refractivity contribution in [2.75, 3.05) is 33.0 Å². The monoisotopic (exact) mass is 1090 g/mol. The first-order valence-electron chi connectivity index (χ1n) is 27.0. The Morgan fingerprint density at radius 1 is 0.618 bits per heavy atom. The molecule has 4 saturated heterocycles. The summed E-state index contributed by atoms with van der Waals surface area (Å²) in [6.45, 7) is 9.08. The van der Waals surface area contributed by atoms with Gasteiger partial charge in [0.05, 0.1) is 57.5 Å². The average Bonchev–Trinajstić information content (AvgIpc) is 3.56. The van der Waals surface area contributed by atoms with Gasteiger partial charge in [0.15, 0.2) is 25.0 Å². The van der Waals surface area contributed by atoms with E-state index in [0.717, 1.165) is 5.57 Å². The van der Waals surface area contributed by atoms with Gasteiger partial charge < -0.3 is 114 Å². The molecule has 28 atom stereocenters. The molecule has 9 aliphatic rings. The quantitative estimate of drug-likeness (QED) is 0.0535. The summed E-state index contributed by atoms with van der Waals surface area (Å²) in [5.41, 5.74) is -4.60. The minimum absolute atomic E-state index is 0.103. The highest BCUT2D eigenvalue weighted by Crippen LogP contribution is 2.76. The minimum Gasteiger partial charge on any atom is -0.432 e. The zero-order chi connectivity index (χ0) is 55.6. The van der Waals surface area contributed by atoms with Crippen molar-refractivity contribution in [1.29, 1.82) is 0 Å². The second-order valence-corrected chi connectivity index (χ2v) is 25.4. The topological polar surface area (TPSA) is 394 Å². The lowest BCUT2D eigenvalue weighted by molar-refractivity contribution is -0.369. The first-order chi connectivity index (χ1) is 35.6. The van der Waals surface area contributed by atoms with Crippen molar-refractivity contribution in [1.82, 2.24) is 0 Å². The van der Waals surface area contributed by atoms with E-state index in [2.05, 4.69) is 33.8 Å². The van der Waals surface area contributed by atoms with Gasteiger partial charge in [0.25, 0.3) is 0 Å². The first kappa shape index (κ1) is 59.0. The molecule has 0 aromatic rings. The van der Waals surface area contributed by atoms with Crippen molar-refractivity contribution >= 4 is 5.97 Å². The molecular weight excluding hydrogens is 1010 g/mol. The van der Waals surface area contributed by atoms with Crippen LogP contribution in [0.1, 0.15) is 92.9 Å². The molecular formula is C52H84O24. The van der Waals surface area contributed by atoms with Crippen molar-refractivity contribution in [2.45, 2.75) is 222 Å². The third-order valence-corrected chi connectivity index (χ3v) is 20.8. The Balaban J connectivity index is 0.971. The lowest BCUT2D eigenvalue weighted by atomic mass is 9.33. The first-order valence-corrected chi connectivity index (χ1v) is 27.0. The number of carbonyl (C=O) groups is 1. The Kier molecular flexibility index (Phi) is 16.5. The van der Waals surface area contributed by atoms with Crippen LogP contribution in [0.5, 0.6) is 0 Å². The highest BCUT2D eigenvalue weighted by atomic mass is 16.8. The summed E-state index contributed by atoms with van der Waals surface area (Å²) in [5.74, 6) is -2.14. The zero-order valence-electron chi connectivity index (χ0n) is 44.0. The van der Waals surface area contributed by atoms with Crippen LogP contribution < -0.4 is 0 Å². The molecule has 4 saturated carbocycles. The Labute approximate surface area is 441 Å². The molecule has 0 radical (unpaired) electrons. The predicted octanol–water partition coefficient (Wildman–Crippen LogP) is -3.84. The van der Waals surface area contributed by atoms with Crippen molar-refractivity contribution in [2.24, 2.45) is 50.2 Å². The van der Waals surface area contributed by atoms with Gasteiger partial charge in [0, 0.05) is 5.41 Å². The van der Waals surface area contributed by atoms with Crippen LogP contribution >= 0.6 is 0 Å². The third-order valence-electron chi connectivity index (χ3n) is 20.8. The van der Waals surface area contributed by atoms with E-state index < -0.39 is 207 Å². The Morgan fingerprint density at radius 2 is 1.22 bits per heavy atom. The van der Waals surface area contributed by atoms with E-state index in [-0.39, 0.29) is 30.6 Å². The SMILES string of the molecule is C[C@@H]1O[C@@H](O[C@H]2[C@H](OC(=O)C34CCC(C)(C)C[C@H]3C3=CC[C@@H]5[C@@]6(C)C[C@H](O)[C@H](O[C@@H]7O[C@H](CO)[C@@H](O)[C@H](O)[C@H]7O)C(CO)(CO)[C@@H]6CC[C@@]5(C)[C@]3(C)CC4O)OC[C@H](O)[C@@H]2O)[C@H](O)[C@H](O)[C@H]1O[C@@H]1OC[C@@H](O)[C@H](O)[C@H]1O. The van der Waals surface area contributed by atoms with Crippen molar-refractivity contribution in [3.63, 3.8) is 0 Å². The highest BCUT2D eigenvalue weighted by Gasteiger charge is 2.74. The largest absolute Gasteiger partial charge is 0.432 e. The van der Waals surface area contributed by atoms with Crippen LogP contribution in [-0.4, -0.2) is 245 Å². The predicted molar refractivity (Wildman–Crippen MR) is 255 cm³/mol. The van der Waals surface area contributed by atoms with Crippen LogP contribution in [0.25, 0.3) is 0 Å². The van der Waals surface area contributed by atoms with Gasteiger partial charge in [0.1, 0.15) is 78.7 Å². The molecule has 2 unspecified atom stereocenters. The third kappa shape index (κ3) is 9.17. The maximum absolute atomic E-state index is 15.3. The summed E-state index contributed by atoms with van der Waals surface area (Å²) < 4.78 is 47.0. The van der Waals surface area contributed by atoms with E-state index in [0.29, 0.717) is 32.1 Å². The molecule has 0 aromatic carbocycles. The molecule has 4 aliphatic heterocycles. The number of aliphatic hydroxyl groups excluding tert-OH is 15. The molecule has 4 heterocycles. The van der Waals surface area contributed by atoms with Crippen molar-refractivity contribution < 1.29 is 119 Å². The molecule has 76 heavy (non-hydrogen) atoms. The molecule has 0 amide bonds. The Bertz CT molecular complexity index is 2090. The highest BCUT2D eigenvalue weighted by molar-refractivity contribution is 5.80. The smallest absolute Gasteiger partial charge is 0.317 e. The molecule has 15 N–H and O–H groups in total. The Hall–Kier alpha value is -1.67. The van der Waals surface area contributed by atoms with Crippen LogP contribution in [0.3, 0.4) is 0 Å². The van der Waals surface area contributed by atoms with E-state index in [1.165, 1.54) is 6.92 Å². The van der Waals surface area contributed by atoms with Gasteiger partial charge in [0.2, 0.25) is 6.29 Å². The van der Waals surface area contributed by atoms with E-state index in [1.54, 1.807) is 0 Å². The summed E-state index contributed by atoms with van der Waals surface area (Å²) in [4.78, 5) is 15.3. The summed E-state index contributed by atoms with van der Waals surface area (Å²) in [7, 11) is 0. The van der Waals surface area contributed by atoms with Crippen LogP contribution in [0.15, 0.2) is 11.6 Å². The van der Waals surface area contributed by atoms with Gasteiger partial charge >= 0.3 is 5.97 Å². The van der Waals surface area contributed by atoms with Gasteiger partial charge in [-0.15, -0.1) is 0 Å². The molecule has 0 aromatic heterocycles. The fourth-order valence-electron chi connectivity index (χ4n) is 16.2. The summed E-state index contributed by atoms with van der Waals surface area (Å²) in [6, 6.07) is 0. The van der Waals surface area contributed by atoms with Gasteiger partial charge in [-0.25, -0.2) is 0 Å². The Morgan fingerprint density at radius 3 is 1.88 bits per heavy atom. The van der Waals surface area contributed by atoms with Gasteiger partial charge in [-0.2, -0.15) is 0 Å². The summed E-state index contributed by atoms with van der Waals surface area (Å²) >= 11 is 0. The number of esters is 1. The van der Waals surface area contributed by atoms with Gasteiger partial charge in [-0.3, -0.25) is 4.79 Å². The van der Waals surface area contributed by atoms with Crippen molar-refractivity contribution in [3.8, 4) is 0 Å². The number of hydrogen-bond acceptors (Lipinski definition) is 24. The fourth-order valence-corrected chi connectivity index (χ4v) is 16.2. The molecule has 24 nitrogen and oxygen atoms in total. The van der Waals surface area contributed by atoms with E-state index in [4.69, 9.17) is 37.9 Å². The molecule has 24 heteroatoms. The normalized spacial score (nSPS) is 54.0. The van der Waals surface area contributed by atoms with E-state index in [9.17, 15) is 76.6 Å². The molecule has 436 valence electrons. The lowest BCUT2D eigenvalue weighted by Crippen LogP contribution is -2.71. The van der Waals surface area contributed by atoms with Crippen LogP contribution in [0.2, 0.25) is 0 Å². The number of allylic oxidation sites excluding steroid dienone is 2. The molecule has 0 spiro atoms. The second-order valence-electron chi connectivity index (χ2n) is 25.4. The summed E-state index contributed by atoms with van der Waals surface area (Å²) in [5, 5.41) is 165. The standard InChI is InChI=1S/C52H84O24/c1-21-39(73-42-36(65)31(60)25(57)17-69-42)35(64)38(67)43(71-21)74-40-32(61)26(58)18-70-45(40)76-46(68)52-12-11-47(2,3)13-23(52)22-7-8-28-48(4)14-24(56)41(75-44-37(66)34(63)33(62)27(16-53)72-44)51(19-54,20-55)29(48)9-10-49(28,5)50(22,6)15-30(52)59/h7,21,23-45,53-67H,8-20H2,1-6H3/t21-,23-,24-,25+,26-,27+,28+,29+,30?,31-,32-,33+,34-,35-,36+,37+,38+,39-,40+,41-,42-,43-,44-,45-,48+,49+,50+,52?/m0/s1. The number of fused-ring (bicyclic) bond motifs is 7. The van der Waals surface area contributed by atoms with Crippen LogP contribution in [0, 0.1) is 50.2 Å². The van der Waals surface area contributed by atoms with Gasteiger partial charge in [-0.1, -0.05) is 46.3 Å². The molecule has 0 bridgehead atoms. The lowest BCUT2D eigenvalue weighted by Gasteiger charge is -2.72. The van der Waals surface area contributed by atoms with Crippen molar-refractivity contribution in [3.05, 3.63) is 11.6 Å². The fraction of sp³-hybridized carbons (Fsp3) is 0.942. The molecule has 8 fully saturated rings. The average molecular weight is 1090 g/mol. The molecule has 5 aliphatic carbocycles. The van der Waals surface area contributed by atoms with E-state index in [1.807, 2.05) is 6.92 Å². The molecule has 9 rings (SSSR count). The minimum atomic E-state index is -1.91.